The highest BCUT2D eigenvalue weighted by Crippen LogP contribution is 1.93. The zero-order valence-electron chi connectivity index (χ0n) is 11.2. The first-order valence-electron chi connectivity index (χ1n) is 6.37. The molecule has 96 valence electrons. The number of hydrogen-bond acceptors (Lipinski definition) is 4. The fraction of sp³-hybridized carbons (Fsp3) is 0.692. The standard InChI is InChI=1S/C13H24N4/c1-11(2)7-14-5-4-6-15-9-13-10-16-12(3)8-17-13/h8,10-11,14-15H,4-7,9H2,1-3H3. The number of nitrogens with one attached hydrogen (secondary N) is 2. The van der Waals surface area contributed by atoms with Gasteiger partial charge < -0.3 is 10.6 Å². The average Bonchev–Trinajstić information content (AvgIpc) is 2.30. The molecule has 0 aliphatic rings. The fourth-order valence-corrected chi connectivity index (χ4v) is 1.46. The van der Waals surface area contributed by atoms with Crippen molar-refractivity contribution in [2.24, 2.45) is 5.92 Å². The summed E-state index contributed by atoms with van der Waals surface area (Å²) in [5, 5.41) is 6.79. The van der Waals surface area contributed by atoms with Crippen LogP contribution >= 0.6 is 0 Å². The molecule has 1 aromatic heterocycles. The van der Waals surface area contributed by atoms with Crippen LogP contribution in [0.25, 0.3) is 0 Å². The van der Waals surface area contributed by atoms with E-state index in [-0.39, 0.29) is 0 Å². The van der Waals surface area contributed by atoms with Crippen LogP contribution in [-0.2, 0) is 6.54 Å². The Labute approximate surface area is 104 Å². The van der Waals surface area contributed by atoms with Crippen LogP contribution < -0.4 is 10.6 Å². The van der Waals surface area contributed by atoms with Gasteiger partial charge in [0.15, 0.2) is 0 Å². The Morgan fingerprint density at radius 1 is 1.12 bits per heavy atom. The van der Waals surface area contributed by atoms with Gasteiger partial charge in [0.2, 0.25) is 0 Å². The molecule has 0 saturated heterocycles. The lowest BCUT2D eigenvalue weighted by atomic mass is 10.2. The van der Waals surface area contributed by atoms with Crippen molar-refractivity contribution < 1.29 is 0 Å². The van der Waals surface area contributed by atoms with Crippen molar-refractivity contribution in [3.63, 3.8) is 0 Å². The summed E-state index contributed by atoms with van der Waals surface area (Å²) in [6.07, 6.45) is 4.78. The minimum absolute atomic E-state index is 0.728. The van der Waals surface area contributed by atoms with E-state index in [1.165, 1.54) is 0 Å². The molecule has 1 rings (SSSR count). The molecule has 2 N–H and O–H groups in total. The van der Waals surface area contributed by atoms with Gasteiger partial charge in [0.1, 0.15) is 0 Å². The Morgan fingerprint density at radius 3 is 2.53 bits per heavy atom. The number of hydrogen-bond donors (Lipinski definition) is 2. The molecule has 0 radical (unpaired) electrons. The molecule has 4 heteroatoms. The average molecular weight is 236 g/mol. The molecule has 0 bridgehead atoms. The summed E-state index contributed by atoms with van der Waals surface area (Å²) in [6.45, 7) is 10.4. The van der Waals surface area contributed by atoms with E-state index in [2.05, 4.69) is 34.4 Å². The number of aryl methyl sites for hydroxylation is 1. The first-order valence-corrected chi connectivity index (χ1v) is 6.37. The molecule has 0 aromatic carbocycles. The summed E-state index contributed by atoms with van der Waals surface area (Å²) in [4.78, 5) is 8.51. The minimum Gasteiger partial charge on any atom is -0.316 e. The van der Waals surface area contributed by atoms with E-state index >= 15 is 0 Å². The SMILES string of the molecule is Cc1cnc(CNCCCNCC(C)C)cn1. The van der Waals surface area contributed by atoms with Crippen LogP contribution in [-0.4, -0.2) is 29.6 Å². The third-order valence-corrected chi connectivity index (χ3v) is 2.40. The number of rotatable bonds is 8. The molecule has 0 spiro atoms. The van der Waals surface area contributed by atoms with Gasteiger partial charge in [-0.25, -0.2) is 0 Å². The van der Waals surface area contributed by atoms with E-state index in [0.29, 0.717) is 0 Å². The Bertz CT molecular complexity index is 295. The molecule has 0 amide bonds. The molecule has 0 unspecified atom stereocenters. The van der Waals surface area contributed by atoms with Gasteiger partial charge in [-0.05, 0) is 38.9 Å². The van der Waals surface area contributed by atoms with Gasteiger partial charge in [-0.2, -0.15) is 0 Å². The Kier molecular flexibility index (Phi) is 6.74. The topological polar surface area (TPSA) is 49.8 Å². The largest absolute Gasteiger partial charge is 0.316 e. The van der Waals surface area contributed by atoms with Gasteiger partial charge in [0.05, 0.1) is 11.4 Å². The van der Waals surface area contributed by atoms with Gasteiger partial charge in [0, 0.05) is 18.9 Å². The summed E-state index contributed by atoms with van der Waals surface area (Å²) in [7, 11) is 0. The molecule has 0 saturated carbocycles. The molecular weight excluding hydrogens is 212 g/mol. The Balaban J connectivity index is 1.99. The van der Waals surface area contributed by atoms with E-state index in [4.69, 9.17) is 0 Å². The van der Waals surface area contributed by atoms with Crippen molar-refractivity contribution in [2.75, 3.05) is 19.6 Å². The van der Waals surface area contributed by atoms with Gasteiger partial charge in [-0.3, -0.25) is 9.97 Å². The van der Waals surface area contributed by atoms with Gasteiger partial charge in [-0.15, -0.1) is 0 Å². The number of nitrogens with zero attached hydrogens (tertiary/aromatic N) is 2. The summed E-state index contributed by atoms with van der Waals surface area (Å²) >= 11 is 0. The smallest absolute Gasteiger partial charge is 0.0724 e. The molecule has 0 aliphatic heterocycles. The second kappa shape index (κ2) is 8.14. The van der Waals surface area contributed by atoms with Crippen molar-refractivity contribution in [3.8, 4) is 0 Å². The van der Waals surface area contributed by atoms with E-state index < -0.39 is 0 Å². The molecule has 1 aromatic rings. The van der Waals surface area contributed by atoms with Crippen LogP contribution in [0.5, 0.6) is 0 Å². The first kappa shape index (κ1) is 14.1. The van der Waals surface area contributed by atoms with E-state index in [1.54, 1.807) is 6.20 Å². The summed E-state index contributed by atoms with van der Waals surface area (Å²) in [6, 6.07) is 0. The van der Waals surface area contributed by atoms with E-state index in [9.17, 15) is 0 Å². The lowest BCUT2D eigenvalue weighted by Crippen LogP contribution is -2.24. The molecular formula is C13H24N4. The molecule has 0 atom stereocenters. The van der Waals surface area contributed by atoms with E-state index in [0.717, 1.165) is 49.9 Å². The highest BCUT2D eigenvalue weighted by molar-refractivity contribution is 4.99. The Morgan fingerprint density at radius 2 is 1.88 bits per heavy atom. The molecule has 4 nitrogen and oxygen atoms in total. The third-order valence-electron chi connectivity index (χ3n) is 2.40. The van der Waals surface area contributed by atoms with Crippen LogP contribution in [0.3, 0.4) is 0 Å². The van der Waals surface area contributed by atoms with Crippen molar-refractivity contribution in [1.82, 2.24) is 20.6 Å². The van der Waals surface area contributed by atoms with Crippen LogP contribution in [0, 0.1) is 12.8 Å². The van der Waals surface area contributed by atoms with Gasteiger partial charge in [0.25, 0.3) is 0 Å². The lowest BCUT2D eigenvalue weighted by Gasteiger charge is -2.07. The lowest BCUT2D eigenvalue weighted by molar-refractivity contribution is 0.529. The highest BCUT2D eigenvalue weighted by atomic mass is 14.9. The zero-order chi connectivity index (χ0) is 12.5. The second-order valence-electron chi connectivity index (χ2n) is 4.78. The van der Waals surface area contributed by atoms with E-state index in [1.807, 2.05) is 13.1 Å². The third kappa shape index (κ3) is 7.02. The van der Waals surface area contributed by atoms with Crippen LogP contribution in [0.4, 0.5) is 0 Å². The quantitative estimate of drug-likeness (QED) is 0.672. The van der Waals surface area contributed by atoms with Gasteiger partial charge >= 0.3 is 0 Å². The first-order chi connectivity index (χ1) is 8.18. The maximum atomic E-state index is 4.29. The summed E-state index contributed by atoms with van der Waals surface area (Å²) in [5.41, 5.74) is 1.97. The fourth-order valence-electron chi connectivity index (χ4n) is 1.46. The van der Waals surface area contributed by atoms with Crippen LogP contribution in [0.2, 0.25) is 0 Å². The minimum atomic E-state index is 0.728. The highest BCUT2D eigenvalue weighted by Gasteiger charge is 1.95. The predicted octanol–water partition coefficient (Wildman–Crippen LogP) is 1.51. The summed E-state index contributed by atoms with van der Waals surface area (Å²) < 4.78 is 0. The van der Waals surface area contributed by atoms with Gasteiger partial charge in [-0.1, -0.05) is 13.8 Å². The zero-order valence-corrected chi connectivity index (χ0v) is 11.2. The molecule has 17 heavy (non-hydrogen) atoms. The van der Waals surface area contributed by atoms with Crippen molar-refractivity contribution in [3.05, 3.63) is 23.8 Å². The second-order valence-corrected chi connectivity index (χ2v) is 4.78. The number of aromatic nitrogens is 2. The van der Waals surface area contributed by atoms with Crippen molar-refractivity contribution in [2.45, 2.75) is 33.7 Å². The molecule has 0 aliphatic carbocycles. The van der Waals surface area contributed by atoms with Crippen molar-refractivity contribution >= 4 is 0 Å². The predicted molar refractivity (Wildman–Crippen MR) is 70.8 cm³/mol. The van der Waals surface area contributed by atoms with Crippen molar-refractivity contribution in [1.29, 1.82) is 0 Å². The van der Waals surface area contributed by atoms with Crippen LogP contribution in [0.15, 0.2) is 12.4 Å². The van der Waals surface area contributed by atoms with Crippen LogP contribution in [0.1, 0.15) is 31.7 Å². The maximum absolute atomic E-state index is 4.29. The monoisotopic (exact) mass is 236 g/mol. The summed E-state index contributed by atoms with van der Waals surface area (Å²) in [5.74, 6) is 0.728. The maximum Gasteiger partial charge on any atom is 0.0724 e. The Hall–Kier alpha value is -1.00. The normalized spacial score (nSPS) is 11.1. The molecule has 1 heterocycles. The molecule has 0 fully saturated rings.